The third kappa shape index (κ3) is 8.92. The molecule has 50 heavy (non-hydrogen) atoms. The Morgan fingerprint density at radius 1 is 1.04 bits per heavy atom. The molecule has 0 saturated carbocycles. The van der Waals surface area contributed by atoms with Crippen LogP contribution in [-0.4, -0.2) is 66.7 Å². The van der Waals surface area contributed by atoms with Gasteiger partial charge >= 0.3 is 30.1 Å². The maximum absolute atomic E-state index is 13.6. The highest BCUT2D eigenvalue weighted by Gasteiger charge is 2.43. The summed E-state index contributed by atoms with van der Waals surface area (Å²) in [7, 11) is 1.11. The van der Waals surface area contributed by atoms with Gasteiger partial charge in [0.2, 0.25) is 5.75 Å². The zero-order valence-electron chi connectivity index (χ0n) is 27.1. The number of nitrogens with one attached hydrogen (secondary N) is 1. The summed E-state index contributed by atoms with van der Waals surface area (Å²) >= 11 is 0. The van der Waals surface area contributed by atoms with Crippen LogP contribution in [0, 0.1) is 17.7 Å². The predicted octanol–water partition coefficient (Wildman–Crippen LogP) is 4.48. The lowest BCUT2D eigenvalue weighted by Gasteiger charge is -2.29. The van der Waals surface area contributed by atoms with E-state index in [0.717, 1.165) is 19.4 Å². The SMILES string of the molecule is COc1ccnc(C(=O)NC2COC(=O)[C@H](Cc3ccccc3)C(OC(=O)C(C)C)[C@H](C)OC2=O)c1OC(=O)c1ccc(F)cc1C(F)(F)F. The van der Waals surface area contributed by atoms with E-state index in [2.05, 4.69) is 10.3 Å². The van der Waals surface area contributed by atoms with Gasteiger partial charge in [-0.05, 0) is 37.1 Å². The van der Waals surface area contributed by atoms with Crippen molar-refractivity contribution in [1.29, 1.82) is 0 Å². The van der Waals surface area contributed by atoms with Gasteiger partial charge < -0.3 is 29.0 Å². The van der Waals surface area contributed by atoms with E-state index >= 15 is 0 Å². The molecule has 3 aromatic rings. The number of cyclic esters (lactones) is 2. The molecule has 0 spiro atoms. The van der Waals surface area contributed by atoms with Crippen LogP contribution in [0.25, 0.3) is 0 Å². The van der Waals surface area contributed by atoms with Crippen LogP contribution in [0.4, 0.5) is 17.6 Å². The second-order valence-corrected chi connectivity index (χ2v) is 11.4. The Hall–Kier alpha value is -5.54. The number of nitrogens with zero attached hydrogens (tertiary/aromatic N) is 1. The number of pyridine rings is 1. The van der Waals surface area contributed by atoms with Gasteiger partial charge in [0, 0.05) is 12.3 Å². The quantitative estimate of drug-likeness (QED) is 0.190. The van der Waals surface area contributed by atoms with E-state index in [9.17, 15) is 41.5 Å². The number of rotatable bonds is 9. The molecule has 2 aromatic carbocycles. The van der Waals surface area contributed by atoms with Crippen molar-refractivity contribution < 1.29 is 65.2 Å². The fraction of sp³-hybridized carbons (Fsp3) is 0.353. The first-order chi connectivity index (χ1) is 23.6. The number of esters is 4. The van der Waals surface area contributed by atoms with Crippen LogP contribution >= 0.6 is 0 Å². The summed E-state index contributed by atoms with van der Waals surface area (Å²) in [5, 5.41) is 2.27. The lowest BCUT2D eigenvalue weighted by molar-refractivity contribution is -0.176. The van der Waals surface area contributed by atoms with Crippen molar-refractivity contribution in [2.45, 2.75) is 51.6 Å². The normalized spacial score (nSPS) is 19.6. The molecule has 0 radical (unpaired) electrons. The van der Waals surface area contributed by atoms with Gasteiger partial charge in [0.25, 0.3) is 5.91 Å². The number of hydrogen-bond donors (Lipinski definition) is 1. The van der Waals surface area contributed by atoms with Crippen molar-refractivity contribution >= 4 is 29.8 Å². The Morgan fingerprint density at radius 2 is 1.74 bits per heavy atom. The fourth-order valence-electron chi connectivity index (χ4n) is 4.91. The van der Waals surface area contributed by atoms with E-state index in [4.69, 9.17) is 23.7 Å². The van der Waals surface area contributed by atoms with Gasteiger partial charge in [-0.2, -0.15) is 13.2 Å². The molecule has 1 aliphatic heterocycles. The molecule has 266 valence electrons. The number of ether oxygens (including phenoxy) is 5. The lowest BCUT2D eigenvalue weighted by atomic mass is 9.91. The molecule has 0 aliphatic carbocycles. The Morgan fingerprint density at radius 3 is 2.38 bits per heavy atom. The fourth-order valence-corrected chi connectivity index (χ4v) is 4.91. The van der Waals surface area contributed by atoms with Crippen molar-refractivity contribution in [2.75, 3.05) is 13.7 Å². The third-order valence-electron chi connectivity index (χ3n) is 7.47. The first-order valence-corrected chi connectivity index (χ1v) is 15.1. The highest BCUT2D eigenvalue weighted by atomic mass is 19.4. The van der Waals surface area contributed by atoms with Gasteiger partial charge in [-0.15, -0.1) is 0 Å². The highest BCUT2D eigenvalue weighted by Crippen LogP contribution is 2.35. The number of amides is 1. The van der Waals surface area contributed by atoms with Gasteiger partial charge in [-0.1, -0.05) is 44.2 Å². The zero-order chi connectivity index (χ0) is 36.7. The van der Waals surface area contributed by atoms with Crippen LogP contribution in [0.1, 0.15) is 52.7 Å². The van der Waals surface area contributed by atoms with Crippen LogP contribution in [0.2, 0.25) is 0 Å². The highest BCUT2D eigenvalue weighted by molar-refractivity contribution is 6.00. The number of hydrogen-bond acceptors (Lipinski definition) is 11. The van der Waals surface area contributed by atoms with Crippen molar-refractivity contribution in [2.24, 2.45) is 11.8 Å². The van der Waals surface area contributed by atoms with Gasteiger partial charge in [0.1, 0.15) is 24.4 Å². The summed E-state index contributed by atoms with van der Waals surface area (Å²) in [6.45, 7) is 3.81. The molecule has 4 rings (SSSR count). The van der Waals surface area contributed by atoms with E-state index in [-0.39, 0.29) is 18.2 Å². The second kappa shape index (κ2) is 15.8. The molecule has 2 unspecified atom stereocenters. The molecule has 1 aromatic heterocycles. The number of carbonyl (C=O) groups is 5. The number of alkyl halides is 3. The summed E-state index contributed by atoms with van der Waals surface area (Å²) in [5.41, 5.74) is -2.73. The number of aromatic nitrogens is 1. The molecular formula is C34H32F4N2O10. The zero-order valence-corrected chi connectivity index (χ0v) is 27.1. The summed E-state index contributed by atoms with van der Waals surface area (Å²) in [5.74, 6) is -9.51. The molecule has 12 nitrogen and oxygen atoms in total. The molecule has 0 bridgehead atoms. The average Bonchev–Trinajstić information content (AvgIpc) is 3.10. The molecule has 1 amide bonds. The van der Waals surface area contributed by atoms with E-state index in [1.807, 2.05) is 0 Å². The minimum absolute atomic E-state index is 0.0429. The molecule has 16 heteroatoms. The number of methoxy groups -OCH3 is 1. The molecule has 1 N–H and O–H groups in total. The van der Waals surface area contributed by atoms with Crippen LogP contribution in [0.3, 0.4) is 0 Å². The lowest BCUT2D eigenvalue weighted by Crippen LogP contribution is -2.47. The summed E-state index contributed by atoms with van der Waals surface area (Å²) in [6.07, 6.45) is -6.55. The number of benzene rings is 2. The van der Waals surface area contributed by atoms with Crippen molar-refractivity contribution in [3.63, 3.8) is 0 Å². The molecule has 1 saturated heterocycles. The minimum Gasteiger partial charge on any atom is -0.493 e. The van der Waals surface area contributed by atoms with Crippen LogP contribution in [-0.2, 0) is 41.2 Å². The third-order valence-corrected chi connectivity index (χ3v) is 7.47. The smallest absolute Gasteiger partial charge is 0.417 e. The summed E-state index contributed by atoms with van der Waals surface area (Å²) in [6, 6.07) is 9.47. The Balaban J connectivity index is 1.62. The maximum atomic E-state index is 13.6. The molecule has 4 atom stereocenters. The largest absolute Gasteiger partial charge is 0.493 e. The molecule has 1 fully saturated rings. The topological polar surface area (TPSA) is 156 Å². The van der Waals surface area contributed by atoms with E-state index < -0.39 is 101 Å². The van der Waals surface area contributed by atoms with Crippen molar-refractivity contribution in [3.8, 4) is 11.5 Å². The second-order valence-electron chi connectivity index (χ2n) is 11.4. The summed E-state index contributed by atoms with van der Waals surface area (Å²) in [4.78, 5) is 69.7. The molecular weight excluding hydrogens is 672 g/mol. The van der Waals surface area contributed by atoms with Crippen LogP contribution in [0.15, 0.2) is 60.8 Å². The average molecular weight is 705 g/mol. The predicted molar refractivity (Wildman–Crippen MR) is 163 cm³/mol. The van der Waals surface area contributed by atoms with E-state index in [1.165, 1.54) is 6.92 Å². The van der Waals surface area contributed by atoms with E-state index in [0.29, 0.717) is 17.7 Å². The van der Waals surface area contributed by atoms with Crippen LogP contribution < -0.4 is 14.8 Å². The maximum Gasteiger partial charge on any atom is 0.417 e. The number of carbonyl (C=O) groups excluding carboxylic acids is 5. The van der Waals surface area contributed by atoms with Crippen molar-refractivity contribution in [1.82, 2.24) is 10.3 Å². The Labute approximate surface area is 283 Å². The first-order valence-electron chi connectivity index (χ1n) is 15.1. The van der Waals surface area contributed by atoms with Gasteiger partial charge in [0.05, 0.1) is 24.2 Å². The van der Waals surface area contributed by atoms with Crippen molar-refractivity contribution in [3.05, 3.63) is 89.0 Å². The minimum atomic E-state index is -5.15. The first kappa shape index (κ1) is 37.3. The standard InChI is InChI=1S/C34H32F4N2O10/c1-17(2)30(42)49-27-18(3)48-33(45)24(16-47-31(43)22(27)14-19-8-6-5-7-9-19)40-29(41)26-28(25(46-4)12-13-39-26)50-32(44)21-11-10-20(35)15-23(21)34(36,37)38/h5-13,15,17-18,22,24,27H,14,16H2,1-4H3,(H,40,41)/t18-,22+,24?,27?/m0/s1. The Kier molecular flexibility index (Phi) is 11.8. The summed E-state index contributed by atoms with van der Waals surface area (Å²) < 4.78 is 81.3. The Bertz CT molecular complexity index is 1750. The van der Waals surface area contributed by atoms with E-state index in [1.54, 1.807) is 44.2 Å². The molecule has 1 aliphatic rings. The monoisotopic (exact) mass is 704 g/mol. The van der Waals surface area contributed by atoms with Gasteiger partial charge in [-0.25, -0.2) is 19.0 Å². The number of halogens is 4. The molecule has 2 heterocycles. The van der Waals surface area contributed by atoms with Crippen LogP contribution in [0.5, 0.6) is 11.5 Å². The van der Waals surface area contributed by atoms with Gasteiger partial charge in [0.15, 0.2) is 23.6 Å². The van der Waals surface area contributed by atoms with Gasteiger partial charge in [-0.3, -0.25) is 14.4 Å².